The van der Waals surface area contributed by atoms with Crippen LogP contribution in [0.5, 0.6) is 0 Å². The smallest absolute Gasteiger partial charge is 0.408 e. The second-order valence-electron chi connectivity index (χ2n) is 4.61. The first-order valence-electron chi connectivity index (χ1n) is 5.33. The Morgan fingerprint density at radius 2 is 2.17 bits per heavy atom. The summed E-state index contributed by atoms with van der Waals surface area (Å²) < 4.78 is 6.20. The maximum Gasteiger partial charge on any atom is 0.408 e. The fraction of sp³-hybridized carbons (Fsp3) is 0.600. The Labute approximate surface area is 104 Å². The van der Waals surface area contributed by atoms with Gasteiger partial charge in [0.25, 0.3) is 0 Å². The van der Waals surface area contributed by atoms with E-state index >= 15 is 0 Å². The van der Waals surface area contributed by atoms with Gasteiger partial charge in [0, 0.05) is 0 Å². The number of rotatable bonds is 4. The highest BCUT2D eigenvalue weighted by molar-refractivity contribution is 5.67. The molecule has 0 saturated carbocycles. The van der Waals surface area contributed by atoms with Gasteiger partial charge in [-0.15, -0.1) is 0 Å². The Kier molecular flexibility index (Phi) is 4.24. The highest BCUT2D eigenvalue weighted by atomic mass is 16.6. The molecular formula is C10H16N4O4. The lowest BCUT2D eigenvalue weighted by atomic mass is 10.2. The number of hydrogen-bond donors (Lipinski definition) is 2. The van der Waals surface area contributed by atoms with Crippen molar-refractivity contribution in [2.24, 2.45) is 0 Å². The molecule has 8 heteroatoms. The molecule has 1 aromatic rings. The van der Waals surface area contributed by atoms with Crippen LogP contribution in [0.2, 0.25) is 0 Å². The highest BCUT2D eigenvalue weighted by Crippen LogP contribution is 2.06. The van der Waals surface area contributed by atoms with E-state index in [9.17, 15) is 9.59 Å². The topological polar surface area (TPSA) is 106 Å². The fourth-order valence-electron chi connectivity index (χ4n) is 1.09. The predicted molar refractivity (Wildman–Crippen MR) is 60.7 cm³/mol. The molecule has 0 radical (unpaired) electrons. The molecule has 0 fully saturated rings. The molecule has 0 unspecified atom stereocenters. The second kappa shape index (κ2) is 5.48. The van der Waals surface area contributed by atoms with E-state index in [1.54, 1.807) is 20.8 Å². The van der Waals surface area contributed by atoms with Gasteiger partial charge in [0.1, 0.15) is 18.5 Å². The van der Waals surface area contributed by atoms with Crippen molar-refractivity contribution in [2.75, 3.05) is 0 Å². The van der Waals surface area contributed by atoms with E-state index in [1.807, 2.05) is 0 Å². The minimum Gasteiger partial charge on any atom is -0.480 e. The van der Waals surface area contributed by atoms with Gasteiger partial charge in [0.05, 0.1) is 6.54 Å². The van der Waals surface area contributed by atoms with Gasteiger partial charge in [-0.2, -0.15) is 5.10 Å². The zero-order valence-corrected chi connectivity index (χ0v) is 10.5. The van der Waals surface area contributed by atoms with Crippen molar-refractivity contribution in [1.29, 1.82) is 0 Å². The van der Waals surface area contributed by atoms with Crippen LogP contribution in [0.15, 0.2) is 6.33 Å². The standard InChI is InChI=1S/C10H16N4O4/c1-10(2,3)18-9(17)11-4-7-12-6-14(13-7)5-8(15)16/h6H,4-5H2,1-3H3,(H,11,17)(H,15,16). The van der Waals surface area contributed by atoms with E-state index < -0.39 is 17.7 Å². The zero-order chi connectivity index (χ0) is 13.8. The minimum atomic E-state index is -1.01. The average Bonchev–Trinajstić information content (AvgIpc) is 2.59. The third-order valence-corrected chi connectivity index (χ3v) is 1.67. The number of aliphatic carboxylic acids is 1. The number of nitrogens with zero attached hydrogens (tertiary/aromatic N) is 3. The summed E-state index contributed by atoms with van der Waals surface area (Å²) in [6.45, 7) is 5.09. The largest absolute Gasteiger partial charge is 0.480 e. The first kappa shape index (κ1) is 13.9. The number of alkyl carbamates (subject to hydrolysis) is 1. The van der Waals surface area contributed by atoms with Crippen molar-refractivity contribution in [2.45, 2.75) is 39.5 Å². The second-order valence-corrected chi connectivity index (χ2v) is 4.61. The molecule has 2 N–H and O–H groups in total. The lowest BCUT2D eigenvalue weighted by Gasteiger charge is -2.19. The predicted octanol–water partition coefficient (Wildman–Crippen LogP) is 0.387. The van der Waals surface area contributed by atoms with Gasteiger partial charge in [0.2, 0.25) is 0 Å². The number of ether oxygens (including phenoxy) is 1. The molecule has 0 spiro atoms. The summed E-state index contributed by atoms with van der Waals surface area (Å²) in [6, 6.07) is 0. The van der Waals surface area contributed by atoms with Gasteiger partial charge in [0.15, 0.2) is 5.82 Å². The van der Waals surface area contributed by atoms with Crippen LogP contribution < -0.4 is 5.32 Å². The Morgan fingerprint density at radius 3 is 2.72 bits per heavy atom. The molecule has 1 aromatic heterocycles. The maximum absolute atomic E-state index is 11.3. The van der Waals surface area contributed by atoms with Crippen molar-refractivity contribution in [3.63, 3.8) is 0 Å². The van der Waals surface area contributed by atoms with Crippen LogP contribution in [0.1, 0.15) is 26.6 Å². The molecule has 0 aliphatic rings. The minimum absolute atomic E-state index is 0.0849. The average molecular weight is 256 g/mol. The molecule has 0 saturated heterocycles. The molecule has 8 nitrogen and oxygen atoms in total. The summed E-state index contributed by atoms with van der Waals surface area (Å²) in [7, 11) is 0. The van der Waals surface area contributed by atoms with Crippen molar-refractivity contribution in [3.8, 4) is 0 Å². The number of carboxylic acid groups (broad SMARTS) is 1. The molecular weight excluding hydrogens is 240 g/mol. The van der Waals surface area contributed by atoms with E-state index in [1.165, 1.54) is 11.0 Å². The van der Waals surface area contributed by atoms with Crippen molar-refractivity contribution in [3.05, 3.63) is 12.2 Å². The number of amides is 1. The SMILES string of the molecule is CC(C)(C)OC(=O)NCc1ncn(CC(=O)O)n1. The normalized spacial score (nSPS) is 11.1. The Bertz CT molecular complexity index is 435. The number of hydrogen-bond acceptors (Lipinski definition) is 5. The fourth-order valence-corrected chi connectivity index (χ4v) is 1.09. The first-order valence-corrected chi connectivity index (χ1v) is 5.33. The summed E-state index contributed by atoms with van der Waals surface area (Å²) >= 11 is 0. The Hall–Kier alpha value is -2.12. The van der Waals surface area contributed by atoms with Crippen LogP contribution in [0, 0.1) is 0 Å². The Balaban J connectivity index is 2.42. The van der Waals surface area contributed by atoms with E-state index in [-0.39, 0.29) is 13.1 Å². The van der Waals surface area contributed by atoms with Gasteiger partial charge in [-0.1, -0.05) is 0 Å². The summed E-state index contributed by atoms with van der Waals surface area (Å²) in [5.74, 6) is -0.686. The molecule has 0 aliphatic carbocycles. The molecule has 0 aromatic carbocycles. The highest BCUT2D eigenvalue weighted by Gasteiger charge is 2.16. The quantitative estimate of drug-likeness (QED) is 0.807. The molecule has 1 heterocycles. The molecule has 18 heavy (non-hydrogen) atoms. The number of carbonyl (C=O) groups is 2. The molecule has 0 aliphatic heterocycles. The van der Waals surface area contributed by atoms with Crippen molar-refractivity contribution < 1.29 is 19.4 Å². The van der Waals surface area contributed by atoms with Gasteiger partial charge in [-0.25, -0.2) is 14.5 Å². The Morgan fingerprint density at radius 1 is 1.50 bits per heavy atom. The lowest BCUT2D eigenvalue weighted by molar-refractivity contribution is -0.137. The zero-order valence-electron chi connectivity index (χ0n) is 10.5. The van der Waals surface area contributed by atoms with Crippen LogP contribution in [0.4, 0.5) is 4.79 Å². The van der Waals surface area contributed by atoms with Crippen LogP contribution in [0.3, 0.4) is 0 Å². The lowest BCUT2D eigenvalue weighted by Crippen LogP contribution is -2.32. The van der Waals surface area contributed by atoms with E-state index in [2.05, 4.69) is 15.4 Å². The molecule has 100 valence electrons. The van der Waals surface area contributed by atoms with Crippen molar-refractivity contribution in [1.82, 2.24) is 20.1 Å². The monoisotopic (exact) mass is 256 g/mol. The van der Waals surface area contributed by atoms with E-state index in [0.717, 1.165) is 0 Å². The van der Waals surface area contributed by atoms with Gasteiger partial charge in [-0.05, 0) is 20.8 Å². The summed E-state index contributed by atoms with van der Waals surface area (Å²) in [6.07, 6.45) is 0.720. The van der Waals surface area contributed by atoms with Crippen molar-refractivity contribution >= 4 is 12.1 Å². The summed E-state index contributed by atoms with van der Waals surface area (Å²) in [5, 5.41) is 14.9. The third-order valence-electron chi connectivity index (χ3n) is 1.67. The number of carboxylic acids is 1. The molecule has 0 bridgehead atoms. The summed E-state index contributed by atoms with van der Waals surface area (Å²) in [4.78, 5) is 25.6. The maximum atomic E-state index is 11.3. The van der Waals surface area contributed by atoms with Crippen LogP contribution >= 0.6 is 0 Å². The van der Waals surface area contributed by atoms with Gasteiger partial charge < -0.3 is 15.2 Å². The number of nitrogens with one attached hydrogen (secondary N) is 1. The molecule has 0 atom stereocenters. The van der Waals surface area contributed by atoms with Gasteiger partial charge in [-0.3, -0.25) is 4.79 Å². The van der Waals surface area contributed by atoms with E-state index in [4.69, 9.17) is 9.84 Å². The molecule has 1 amide bonds. The number of aromatic nitrogens is 3. The van der Waals surface area contributed by atoms with Crippen LogP contribution in [-0.4, -0.2) is 37.5 Å². The van der Waals surface area contributed by atoms with E-state index in [0.29, 0.717) is 5.82 Å². The molecule has 1 rings (SSSR count). The van der Waals surface area contributed by atoms with Crippen LogP contribution in [-0.2, 0) is 22.6 Å². The summed E-state index contributed by atoms with van der Waals surface area (Å²) in [5.41, 5.74) is -0.569. The van der Waals surface area contributed by atoms with Gasteiger partial charge >= 0.3 is 12.1 Å². The number of carbonyl (C=O) groups excluding carboxylic acids is 1. The van der Waals surface area contributed by atoms with Crippen LogP contribution in [0.25, 0.3) is 0 Å². The first-order chi connectivity index (χ1) is 8.26. The third kappa shape index (κ3) is 5.28.